The second kappa shape index (κ2) is 7.57. The average molecular weight is 373 g/mol. The van der Waals surface area contributed by atoms with Gasteiger partial charge in [0.05, 0.1) is 6.54 Å². The number of rotatable bonds is 5. The van der Waals surface area contributed by atoms with Crippen LogP contribution >= 0.6 is 0 Å². The maximum Gasteiger partial charge on any atom is 0.282 e. The van der Waals surface area contributed by atoms with Gasteiger partial charge in [-0.25, -0.2) is 0 Å². The third-order valence-electron chi connectivity index (χ3n) is 4.35. The maximum atomic E-state index is 12.7. The number of hydrogen-bond acceptors (Lipinski definition) is 3. The van der Waals surface area contributed by atoms with E-state index < -0.39 is 10.2 Å². The Morgan fingerprint density at radius 1 is 1.00 bits per heavy atom. The zero-order valence-electron chi connectivity index (χ0n) is 15.0. The van der Waals surface area contributed by atoms with E-state index in [1.165, 1.54) is 8.61 Å². The highest BCUT2D eigenvalue weighted by Gasteiger charge is 2.37. The number of amides is 1. The fraction of sp³-hybridized carbons (Fsp3) is 0.316. The zero-order valence-corrected chi connectivity index (χ0v) is 15.8. The van der Waals surface area contributed by atoms with E-state index >= 15 is 0 Å². The molecule has 1 aliphatic rings. The van der Waals surface area contributed by atoms with Gasteiger partial charge in [-0.1, -0.05) is 47.5 Å². The standard InChI is InChI=1S/C19H23N3O3S/c1-15-6-8-18(9-7-15)20-19(23)14-22-11-10-21(26(22,24)25)13-17-5-3-4-16(2)12-17/h3-9,12H,10-11,13-14H2,1-2H3,(H,20,23). The molecule has 6 nitrogen and oxygen atoms in total. The van der Waals surface area contributed by atoms with E-state index in [2.05, 4.69) is 5.32 Å². The van der Waals surface area contributed by atoms with Crippen molar-refractivity contribution in [1.82, 2.24) is 8.61 Å². The summed E-state index contributed by atoms with van der Waals surface area (Å²) in [6.07, 6.45) is 0. The van der Waals surface area contributed by atoms with Gasteiger partial charge < -0.3 is 5.32 Å². The molecule has 1 aliphatic heterocycles. The van der Waals surface area contributed by atoms with Gasteiger partial charge in [-0.2, -0.15) is 17.0 Å². The highest BCUT2D eigenvalue weighted by molar-refractivity contribution is 7.87. The zero-order chi connectivity index (χ0) is 18.7. The largest absolute Gasteiger partial charge is 0.325 e. The van der Waals surface area contributed by atoms with E-state index in [0.717, 1.165) is 16.7 Å². The van der Waals surface area contributed by atoms with Crippen LogP contribution in [0.15, 0.2) is 48.5 Å². The second-order valence-electron chi connectivity index (χ2n) is 6.58. The number of hydrogen-bond donors (Lipinski definition) is 1. The van der Waals surface area contributed by atoms with Crippen LogP contribution in [0.1, 0.15) is 16.7 Å². The molecule has 2 aromatic rings. The van der Waals surface area contributed by atoms with Crippen molar-refractivity contribution in [2.45, 2.75) is 20.4 Å². The molecular weight excluding hydrogens is 350 g/mol. The van der Waals surface area contributed by atoms with Crippen molar-refractivity contribution in [3.63, 3.8) is 0 Å². The van der Waals surface area contributed by atoms with Crippen LogP contribution in [-0.4, -0.2) is 42.6 Å². The van der Waals surface area contributed by atoms with E-state index in [-0.39, 0.29) is 12.5 Å². The van der Waals surface area contributed by atoms with E-state index in [1.807, 2.05) is 50.2 Å². The number of nitrogens with zero attached hydrogens (tertiary/aromatic N) is 2. The number of anilines is 1. The predicted octanol–water partition coefficient (Wildman–Crippen LogP) is 2.30. The lowest BCUT2D eigenvalue weighted by molar-refractivity contribution is -0.116. The van der Waals surface area contributed by atoms with Crippen LogP contribution in [0, 0.1) is 13.8 Å². The predicted molar refractivity (Wildman–Crippen MR) is 102 cm³/mol. The summed E-state index contributed by atoms with van der Waals surface area (Å²) in [6.45, 7) is 4.78. The topological polar surface area (TPSA) is 69.7 Å². The van der Waals surface area contributed by atoms with Gasteiger partial charge >= 0.3 is 0 Å². The molecule has 2 aromatic carbocycles. The van der Waals surface area contributed by atoms with Crippen LogP contribution < -0.4 is 5.32 Å². The number of aryl methyl sites for hydroxylation is 2. The van der Waals surface area contributed by atoms with Crippen molar-refractivity contribution in [3.05, 3.63) is 65.2 Å². The summed E-state index contributed by atoms with van der Waals surface area (Å²) in [6, 6.07) is 15.2. The summed E-state index contributed by atoms with van der Waals surface area (Å²) in [4.78, 5) is 12.2. The molecular formula is C19H23N3O3S. The van der Waals surface area contributed by atoms with Gasteiger partial charge in [-0.3, -0.25) is 4.79 Å². The van der Waals surface area contributed by atoms with Crippen LogP contribution in [0.5, 0.6) is 0 Å². The number of nitrogens with one attached hydrogen (secondary N) is 1. The Morgan fingerprint density at radius 3 is 2.38 bits per heavy atom. The van der Waals surface area contributed by atoms with Crippen LogP contribution in [-0.2, 0) is 21.5 Å². The third-order valence-corrected chi connectivity index (χ3v) is 6.28. The van der Waals surface area contributed by atoms with Crippen molar-refractivity contribution in [2.24, 2.45) is 0 Å². The molecule has 138 valence electrons. The van der Waals surface area contributed by atoms with Crippen molar-refractivity contribution in [1.29, 1.82) is 0 Å². The lowest BCUT2D eigenvalue weighted by Crippen LogP contribution is -2.37. The average Bonchev–Trinajstić information content (AvgIpc) is 2.84. The lowest BCUT2D eigenvalue weighted by Gasteiger charge is -2.18. The Labute approximate surface area is 154 Å². The van der Waals surface area contributed by atoms with Crippen molar-refractivity contribution in [2.75, 3.05) is 25.0 Å². The molecule has 26 heavy (non-hydrogen) atoms. The van der Waals surface area contributed by atoms with Crippen LogP contribution in [0.4, 0.5) is 5.69 Å². The minimum Gasteiger partial charge on any atom is -0.325 e. The summed E-state index contributed by atoms with van der Waals surface area (Å²) < 4.78 is 28.0. The molecule has 0 aliphatic carbocycles. The van der Waals surface area contributed by atoms with Gasteiger partial charge in [-0.05, 0) is 31.5 Å². The summed E-state index contributed by atoms with van der Waals surface area (Å²) in [5.74, 6) is -0.338. The smallest absolute Gasteiger partial charge is 0.282 e. The summed E-state index contributed by atoms with van der Waals surface area (Å²) >= 11 is 0. The molecule has 1 saturated heterocycles. The molecule has 1 heterocycles. The van der Waals surface area contributed by atoms with E-state index in [4.69, 9.17) is 0 Å². The first kappa shape index (κ1) is 18.6. The SMILES string of the molecule is Cc1ccc(NC(=O)CN2CCN(Cc3cccc(C)c3)S2(=O)=O)cc1. The Kier molecular flexibility index (Phi) is 5.41. The molecule has 1 fully saturated rings. The van der Waals surface area contributed by atoms with Gasteiger partial charge in [-0.15, -0.1) is 0 Å². The molecule has 0 bridgehead atoms. The van der Waals surface area contributed by atoms with E-state index in [9.17, 15) is 13.2 Å². The molecule has 1 N–H and O–H groups in total. The first-order valence-corrected chi connectivity index (χ1v) is 9.91. The third kappa shape index (κ3) is 4.30. The number of carbonyl (C=O) groups is 1. The molecule has 3 rings (SSSR count). The summed E-state index contributed by atoms with van der Waals surface area (Å²) in [7, 11) is -3.63. The van der Waals surface area contributed by atoms with Crippen LogP contribution in [0.3, 0.4) is 0 Å². The van der Waals surface area contributed by atoms with E-state index in [0.29, 0.717) is 25.3 Å². The lowest BCUT2D eigenvalue weighted by atomic mass is 10.1. The quantitative estimate of drug-likeness (QED) is 0.874. The number of benzene rings is 2. The van der Waals surface area contributed by atoms with Gasteiger partial charge in [0.25, 0.3) is 10.2 Å². The molecule has 1 amide bonds. The second-order valence-corrected chi connectivity index (χ2v) is 8.51. The molecule has 0 spiro atoms. The Hall–Kier alpha value is -2.22. The van der Waals surface area contributed by atoms with Crippen molar-refractivity contribution < 1.29 is 13.2 Å². The van der Waals surface area contributed by atoms with Crippen LogP contribution in [0.2, 0.25) is 0 Å². The maximum absolute atomic E-state index is 12.7. The van der Waals surface area contributed by atoms with Gasteiger partial charge in [0.2, 0.25) is 5.91 Å². The van der Waals surface area contributed by atoms with Crippen molar-refractivity contribution >= 4 is 21.8 Å². The number of carbonyl (C=O) groups excluding carboxylic acids is 1. The highest BCUT2D eigenvalue weighted by atomic mass is 32.2. The monoisotopic (exact) mass is 373 g/mol. The molecule has 0 aromatic heterocycles. The first-order valence-electron chi connectivity index (χ1n) is 8.52. The van der Waals surface area contributed by atoms with Gasteiger partial charge in [0.15, 0.2) is 0 Å². The van der Waals surface area contributed by atoms with E-state index in [1.54, 1.807) is 12.1 Å². The fourth-order valence-electron chi connectivity index (χ4n) is 2.95. The summed E-state index contributed by atoms with van der Waals surface area (Å²) in [5.41, 5.74) is 3.79. The van der Waals surface area contributed by atoms with Gasteiger partial charge in [0.1, 0.15) is 0 Å². The normalized spacial score (nSPS) is 17.3. The minimum atomic E-state index is -3.63. The molecule has 0 unspecified atom stereocenters. The highest BCUT2D eigenvalue weighted by Crippen LogP contribution is 2.20. The molecule has 7 heteroatoms. The summed E-state index contributed by atoms with van der Waals surface area (Å²) in [5, 5.41) is 2.74. The Bertz CT molecular complexity index is 895. The Balaban J connectivity index is 1.62. The Morgan fingerprint density at radius 2 is 1.69 bits per heavy atom. The van der Waals surface area contributed by atoms with Gasteiger partial charge in [0, 0.05) is 25.3 Å². The molecule has 0 atom stereocenters. The van der Waals surface area contributed by atoms with Crippen molar-refractivity contribution in [3.8, 4) is 0 Å². The first-order chi connectivity index (χ1) is 12.3. The minimum absolute atomic E-state index is 0.180. The fourth-order valence-corrected chi connectivity index (χ4v) is 4.49. The van der Waals surface area contributed by atoms with Crippen LogP contribution in [0.25, 0.3) is 0 Å². The molecule has 0 saturated carbocycles. The molecule has 0 radical (unpaired) electrons.